The predicted octanol–water partition coefficient (Wildman–Crippen LogP) is 4.92. The highest BCUT2D eigenvalue weighted by Gasteiger charge is 2.29. The number of anilines is 1. The molecule has 27 heavy (non-hydrogen) atoms. The van der Waals surface area contributed by atoms with E-state index in [1.807, 2.05) is 12.1 Å². The Morgan fingerprint density at radius 3 is 2.04 bits per heavy atom. The zero-order valence-electron chi connectivity index (χ0n) is 14.9. The number of carbonyl (C=O) groups excluding carboxylic acids is 2. The molecule has 0 aliphatic carbocycles. The maximum absolute atomic E-state index is 13.1. The number of imide groups is 1. The molecule has 1 heterocycles. The van der Waals surface area contributed by atoms with E-state index in [1.54, 1.807) is 48.5 Å². The van der Waals surface area contributed by atoms with Crippen molar-refractivity contribution in [3.8, 4) is 0 Å². The van der Waals surface area contributed by atoms with Crippen molar-refractivity contribution >= 4 is 40.2 Å². The highest BCUT2D eigenvalue weighted by Crippen LogP contribution is 2.26. The van der Waals surface area contributed by atoms with E-state index in [2.05, 4.69) is 16.3 Å². The van der Waals surface area contributed by atoms with Crippen LogP contribution in [0.4, 0.5) is 5.13 Å². The number of benzene rings is 2. The molecule has 3 rings (SSSR count). The van der Waals surface area contributed by atoms with E-state index in [0.717, 1.165) is 35.0 Å². The lowest BCUT2D eigenvalue weighted by Gasteiger charge is -2.17. The molecule has 0 bridgehead atoms. The van der Waals surface area contributed by atoms with Gasteiger partial charge in [-0.2, -0.15) is 9.36 Å². The molecule has 0 fully saturated rings. The monoisotopic (exact) mass is 397 g/mol. The van der Waals surface area contributed by atoms with Gasteiger partial charge in [-0.1, -0.05) is 61.5 Å². The third-order valence-electron chi connectivity index (χ3n) is 3.76. The Balaban J connectivity index is 1.93. The van der Waals surface area contributed by atoms with E-state index in [1.165, 1.54) is 11.8 Å². The van der Waals surface area contributed by atoms with Crippen molar-refractivity contribution in [2.24, 2.45) is 0 Å². The Morgan fingerprint density at radius 2 is 1.52 bits per heavy atom. The van der Waals surface area contributed by atoms with E-state index in [9.17, 15) is 9.59 Å². The molecule has 2 amide bonds. The molecule has 2 aromatic carbocycles. The molecule has 7 heteroatoms. The summed E-state index contributed by atoms with van der Waals surface area (Å²) in [5, 5.41) is 0.881. The van der Waals surface area contributed by atoms with Crippen molar-refractivity contribution in [2.75, 3.05) is 10.7 Å². The predicted molar refractivity (Wildman–Crippen MR) is 110 cm³/mol. The van der Waals surface area contributed by atoms with E-state index in [4.69, 9.17) is 0 Å². The quantitative estimate of drug-likeness (QED) is 0.322. The van der Waals surface area contributed by atoms with Crippen LogP contribution in [0.3, 0.4) is 0 Å². The van der Waals surface area contributed by atoms with Gasteiger partial charge in [-0.05, 0) is 30.7 Å². The van der Waals surface area contributed by atoms with E-state index < -0.39 is 11.8 Å². The molecule has 0 saturated heterocycles. The van der Waals surface area contributed by atoms with Gasteiger partial charge in [0.1, 0.15) is 0 Å². The van der Waals surface area contributed by atoms with Gasteiger partial charge in [0, 0.05) is 28.4 Å². The second-order valence-electron chi connectivity index (χ2n) is 5.74. The molecule has 1 aromatic heterocycles. The summed E-state index contributed by atoms with van der Waals surface area (Å²) in [6.45, 7) is 2.12. The van der Waals surface area contributed by atoms with E-state index in [-0.39, 0.29) is 5.13 Å². The molecule has 5 nitrogen and oxygen atoms in total. The number of amides is 2. The fraction of sp³-hybridized carbons (Fsp3) is 0.200. The second-order valence-corrected chi connectivity index (χ2v) is 7.53. The van der Waals surface area contributed by atoms with Gasteiger partial charge in [0.05, 0.1) is 0 Å². The van der Waals surface area contributed by atoms with Crippen LogP contribution in [0.2, 0.25) is 0 Å². The minimum atomic E-state index is -0.411. The van der Waals surface area contributed by atoms with Crippen LogP contribution in [-0.2, 0) is 0 Å². The fourth-order valence-corrected chi connectivity index (χ4v) is 4.07. The van der Waals surface area contributed by atoms with Crippen molar-refractivity contribution < 1.29 is 9.59 Å². The standard InChI is InChI=1S/C20H19N3O2S2/c1-2-3-14-26-19-21-20(27-22-19)23(17(24)15-10-6-4-7-11-15)18(25)16-12-8-5-9-13-16/h4-13H,2-3,14H2,1H3. The maximum atomic E-state index is 13.1. The van der Waals surface area contributed by atoms with Crippen molar-refractivity contribution in [3.63, 3.8) is 0 Å². The Kier molecular flexibility index (Phi) is 6.73. The van der Waals surface area contributed by atoms with Gasteiger partial charge in [0.15, 0.2) is 0 Å². The van der Waals surface area contributed by atoms with Crippen LogP contribution >= 0.6 is 23.3 Å². The first-order chi connectivity index (χ1) is 13.2. The molecule has 0 N–H and O–H groups in total. The molecule has 0 atom stereocenters. The Morgan fingerprint density at radius 1 is 0.963 bits per heavy atom. The summed E-state index contributed by atoms with van der Waals surface area (Å²) in [4.78, 5) is 31.7. The maximum Gasteiger partial charge on any atom is 0.267 e. The van der Waals surface area contributed by atoms with Crippen molar-refractivity contribution in [1.29, 1.82) is 0 Å². The lowest BCUT2D eigenvalue weighted by Crippen LogP contribution is -2.37. The number of nitrogens with zero attached hydrogens (tertiary/aromatic N) is 3. The van der Waals surface area contributed by atoms with Crippen LogP contribution in [0.1, 0.15) is 40.5 Å². The molecule has 0 aliphatic heterocycles. The summed E-state index contributed by atoms with van der Waals surface area (Å²) in [6.07, 6.45) is 2.16. The van der Waals surface area contributed by atoms with Gasteiger partial charge >= 0.3 is 0 Å². The number of thioether (sulfide) groups is 1. The van der Waals surface area contributed by atoms with Crippen LogP contribution in [-0.4, -0.2) is 26.9 Å². The number of hydrogen-bond acceptors (Lipinski definition) is 6. The summed E-state index contributed by atoms with van der Waals surface area (Å²) in [6, 6.07) is 17.5. The largest absolute Gasteiger partial charge is 0.268 e. The molecule has 0 saturated carbocycles. The summed E-state index contributed by atoms with van der Waals surface area (Å²) >= 11 is 2.60. The zero-order valence-corrected chi connectivity index (χ0v) is 16.5. The Labute approximate surface area is 166 Å². The third-order valence-corrected chi connectivity index (χ3v) is 5.52. The van der Waals surface area contributed by atoms with Crippen LogP contribution in [0.15, 0.2) is 65.8 Å². The first-order valence-electron chi connectivity index (χ1n) is 8.66. The Hall–Kier alpha value is -2.51. The molecule has 0 spiro atoms. The molecular weight excluding hydrogens is 378 g/mol. The molecule has 0 radical (unpaired) electrons. The Bertz CT molecular complexity index is 846. The lowest BCUT2D eigenvalue weighted by molar-refractivity contribution is 0.0897. The highest BCUT2D eigenvalue weighted by atomic mass is 32.2. The summed E-state index contributed by atoms with van der Waals surface area (Å²) in [5.41, 5.74) is 0.856. The van der Waals surface area contributed by atoms with Gasteiger partial charge < -0.3 is 0 Å². The van der Waals surface area contributed by atoms with Crippen molar-refractivity contribution in [2.45, 2.75) is 24.9 Å². The average Bonchev–Trinajstić information content (AvgIpc) is 3.18. The van der Waals surface area contributed by atoms with Gasteiger partial charge in [-0.25, -0.2) is 4.90 Å². The van der Waals surface area contributed by atoms with E-state index >= 15 is 0 Å². The van der Waals surface area contributed by atoms with E-state index in [0.29, 0.717) is 16.3 Å². The van der Waals surface area contributed by atoms with Crippen LogP contribution in [0.5, 0.6) is 0 Å². The fourth-order valence-electron chi connectivity index (χ4n) is 2.35. The first-order valence-corrected chi connectivity index (χ1v) is 10.4. The van der Waals surface area contributed by atoms with Crippen LogP contribution in [0.25, 0.3) is 0 Å². The molecule has 0 unspecified atom stereocenters. The van der Waals surface area contributed by atoms with Crippen molar-refractivity contribution in [3.05, 3.63) is 71.8 Å². The lowest BCUT2D eigenvalue weighted by atomic mass is 10.1. The van der Waals surface area contributed by atoms with Gasteiger partial charge in [-0.15, -0.1) is 0 Å². The minimum Gasteiger partial charge on any atom is -0.268 e. The summed E-state index contributed by atoms with van der Waals surface area (Å²) < 4.78 is 4.31. The van der Waals surface area contributed by atoms with Gasteiger partial charge in [-0.3, -0.25) is 9.59 Å². The number of rotatable bonds is 7. The third kappa shape index (κ3) is 4.81. The average molecular weight is 398 g/mol. The van der Waals surface area contributed by atoms with Crippen LogP contribution < -0.4 is 4.90 Å². The zero-order chi connectivity index (χ0) is 19.1. The highest BCUT2D eigenvalue weighted by molar-refractivity contribution is 7.99. The SMILES string of the molecule is CCCCSc1nsc(N(C(=O)c2ccccc2)C(=O)c2ccccc2)n1. The van der Waals surface area contributed by atoms with Gasteiger partial charge in [0.2, 0.25) is 10.3 Å². The first kappa shape index (κ1) is 19.3. The summed E-state index contributed by atoms with van der Waals surface area (Å²) in [7, 11) is 0. The van der Waals surface area contributed by atoms with Crippen molar-refractivity contribution in [1.82, 2.24) is 9.36 Å². The molecule has 0 aliphatic rings. The van der Waals surface area contributed by atoms with Crippen LogP contribution in [0, 0.1) is 0 Å². The normalized spacial score (nSPS) is 10.6. The number of aromatic nitrogens is 2. The number of carbonyl (C=O) groups is 2. The molecular formula is C20H19N3O2S2. The number of unbranched alkanes of at least 4 members (excludes halogenated alkanes) is 1. The second kappa shape index (κ2) is 9.43. The molecule has 138 valence electrons. The minimum absolute atomic E-state index is 0.289. The topological polar surface area (TPSA) is 63.2 Å². The summed E-state index contributed by atoms with van der Waals surface area (Å²) in [5.74, 6) is 0.0859. The smallest absolute Gasteiger partial charge is 0.267 e. The molecule has 3 aromatic rings. The van der Waals surface area contributed by atoms with Gasteiger partial charge in [0.25, 0.3) is 11.8 Å². The number of hydrogen-bond donors (Lipinski definition) is 0.